The van der Waals surface area contributed by atoms with Crippen molar-refractivity contribution in [2.45, 2.75) is 33.0 Å². The van der Waals surface area contributed by atoms with Gasteiger partial charge in [0.1, 0.15) is 0 Å². The molecular formula is C10H20O5. The quantitative estimate of drug-likeness (QED) is 0.585. The van der Waals surface area contributed by atoms with Gasteiger partial charge in [-0.1, -0.05) is 0 Å². The molecule has 0 radical (unpaired) electrons. The molecule has 0 aromatic carbocycles. The summed E-state index contributed by atoms with van der Waals surface area (Å²) in [5.74, 6) is -0.960. The number of carboxylic acids is 1. The first-order chi connectivity index (χ1) is 7.04. The molecule has 90 valence electrons. The van der Waals surface area contributed by atoms with Gasteiger partial charge in [-0.3, -0.25) is 0 Å². The highest BCUT2D eigenvalue weighted by Crippen LogP contribution is 1.91. The van der Waals surface area contributed by atoms with Crippen molar-refractivity contribution >= 4 is 5.97 Å². The number of hydrogen-bond donors (Lipinski definition) is 1. The van der Waals surface area contributed by atoms with E-state index in [0.29, 0.717) is 19.8 Å². The molecule has 0 aliphatic rings. The highest BCUT2D eigenvalue weighted by Gasteiger charge is 2.09. The predicted octanol–water partition coefficient (Wildman–Crippen LogP) is 0.918. The van der Waals surface area contributed by atoms with Gasteiger partial charge in [0.15, 0.2) is 6.10 Å². The molecule has 5 nitrogen and oxygen atoms in total. The molecule has 0 rings (SSSR count). The average molecular weight is 220 g/mol. The van der Waals surface area contributed by atoms with Crippen LogP contribution in [0.3, 0.4) is 0 Å². The zero-order valence-electron chi connectivity index (χ0n) is 9.56. The maximum Gasteiger partial charge on any atom is 0.332 e. The highest BCUT2D eigenvalue weighted by atomic mass is 16.6. The number of carbonyl (C=O) groups is 1. The molecule has 5 heteroatoms. The van der Waals surface area contributed by atoms with Crippen molar-refractivity contribution in [3.05, 3.63) is 0 Å². The van der Waals surface area contributed by atoms with E-state index in [0.717, 1.165) is 0 Å². The molecule has 0 heterocycles. The minimum atomic E-state index is -0.960. The number of hydrogen-bond acceptors (Lipinski definition) is 4. The van der Waals surface area contributed by atoms with Crippen LogP contribution in [0.2, 0.25) is 0 Å². The number of rotatable bonds is 9. The van der Waals surface area contributed by atoms with Gasteiger partial charge >= 0.3 is 5.97 Å². The lowest BCUT2D eigenvalue weighted by atomic mass is 10.4. The first kappa shape index (κ1) is 14.3. The Hall–Kier alpha value is -0.650. The third-order valence-electron chi connectivity index (χ3n) is 1.62. The third-order valence-corrected chi connectivity index (χ3v) is 1.62. The fourth-order valence-corrected chi connectivity index (χ4v) is 0.800. The molecule has 0 saturated carbocycles. The number of aliphatic carboxylic acids is 1. The van der Waals surface area contributed by atoms with Gasteiger partial charge in [0.2, 0.25) is 0 Å². The largest absolute Gasteiger partial charge is 0.479 e. The molecule has 1 N–H and O–H groups in total. The molecule has 1 atom stereocenters. The van der Waals surface area contributed by atoms with Gasteiger partial charge in [0, 0.05) is 0 Å². The molecule has 0 bridgehead atoms. The summed E-state index contributed by atoms with van der Waals surface area (Å²) < 4.78 is 15.4. The van der Waals surface area contributed by atoms with Crippen molar-refractivity contribution in [1.82, 2.24) is 0 Å². The molecule has 0 aromatic heterocycles. The first-order valence-electron chi connectivity index (χ1n) is 5.07. The van der Waals surface area contributed by atoms with E-state index in [1.807, 2.05) is 13.8 Å². The lowest BCUT2D eigenvalue weighted by Crippen LogP contribution is -2.22. The molecule has 0 saturated heterocycles. The summed E-state index contributed by atoms with van der Waals surface area (Å²) in [5, 5.41) is 8.50. The number of ether oxygens (including phenoxy) is 3. The fraction of sp³-hybridized carbons (Fsp3) is 0.900. The summed E-state index contributed by atoms with van der Waals surface area (Å²) in [6.45, 7) is 7.13. The molecule has 1 unspecified atom stereocenters. The molecule has 0 fully saturated rings. The van der Waals surface area contributed by atoms with Crippen LogP contribution in [0.1, 0.15) is 20.8 Å². The van der Waals surface area contributed by atoms with Crippen molar-refractivity contribution in [3.63, 3.8) is 0 Å². The molecular weight excluding hydrogens is 200 g/mol. The average Bonchev–Trinajstić information content (AvgIpc) is 2.15. The second kappa shape index (κ2) is 8.64. The second-order valence-electron chi connectivity index (χ2n) is 3.38. The summed E-state index contributed by atoms with van der Waals surface area (Å²) >= 11 is 0. The van der Waals surface area contributed by atoms with Crippen LogP contribution in [0.25, 0.3) is 0 Å². The van der Waals surface area contributed by atoms with Crippen LogP contribution >= 0.6 is 0 Å². The van der Waals surface area contributed by atoms with Crippen molar-refractivity contribution in [2.24, 2.45) is 0 Å². The lowest BCUT2D eigenvalue weighted by Gasteiger charge is -2.10. The summed E-state index contributed by atoms with van der Waals surface area (Å²) in [4.78, 5) is 10.4. The fourth-order valence-electron chi connectivity index (χ4n) is 0.800. The highest BCUT2D eigenvalue weighted by molar-refractivity contribution is 5.71. The summed E-state index contributed by atoms with van der Waals surface area (Å²) in [6.07, 6.45) is -0.572. The maximum absolute atomic E-state index is 10.4. The second-order valence-corrected chi connectivity index (χ2v) is 3.38. The van der Waals surface area contributed by atoms with Crippen LogP contribution in [0.4, 0.5) is 0 Å². The standard InChI is InChI=1S/C10H20O5/c1-8(2)14-6-4-13-5-7-15-9(3)10(11)12/h8-9H,4-7H2,1-3H3,(H,11,12). The minimum Gasteiger partial charge on any atom is -0.479 e. The Morgan fingerprint density at radius 2 is 1.60 bits per heavy atom. The van der Waals surface area contributed by atoms with Crippen molar-refractivity contribution in [2.75, 3.05) is 26.4 Å². The van der Waals surface area contributed by atoms with E-state index in [1.165, 1.54) is 6.92 Å². The van der Waals surface area contributed by atoms with Crippen LogP contribution in [0, 0.1) is 0 Å². The normalized spacial score (nSPS) is 13.1. The van der Waals surface area contributed by atoms with E-state index in [9.17, 15) is 4.79 Å². The summed E-state index contributed by atoms with van der Waals surface area (Å²) in [5.41, 5.74) is 0. The van der Waals surface area contributed by atoms with Gasteiger partial charge < -0.3 is 19.3 Å². The minimum absolute atomic E-state index is 0.205. The zero-order chi connectivity index (χ0) is 11.7. The van der Waals surface area contributed by atoms with Gasteiger partial charge in [0.25, 0.3) is 0 Å². The lowest BCUT2D eigenvalue weighted by molar-refractivity contribution is -0.150. The van der Waals surface area contributed by atoms with Crippen molar-refractivity contribution < 1.29 is 24.1 Å². The first-order valence-corrected chi connectivity index (χ1v) is 5.07. The van der Waals surface area contributed by atoms with E-state index in [1.54, 1.807) is 0 Å². The molecule has 0 spiro atoms. The maximum atomic E-state index is 10.4. The Balaban J connectivity index is 3.15. The van der Waals surface area contributed by atoms with Crippen LogP contribution in [0.5, 0.6) is 0 Å². The monoisotopic (exact) mass is 220 g/mol. The SMILES string of the molecule is CC(C)OCCOCCOC(C)C(=O)O. The summed E-state index contributed by atoms with van der Waals surface area (Å²) in [6, 6.07) is 0. The molecule has 0 amide bonds. The van der Waals surface area contributed by atoms with Crippen molar-refractivity contribution in [1.29, 1.82) is 0 Å². The van der Waals surface area contributed by atoms with Gasteiger partial charge in [-0.25, -0.2) is 4.79 Å². The van der Waals surface area contributed by atoms with Crippen LogP contribution in [-0.4, -0.2) is 49.7 Å². The van der Waals surface area contributed by atoms with Gasteiger partial charge in [-0.05, 0) is 20.8 Å². The van der Waals surface area contributed by atoms with Gasteiger partial charge in [-0.2, -0.15) is 0 Å². The Kier molecular flexibility index (Phi) is 8.27. The zero-order valence-corrected chi connectivity index (χ0v) is 9.56. The van der Waals surface area contributed by atoms with Crippen LogP contribution in [0.15, 0.2) is 0 Å². The van der Waals surface area contributed by atoms with E-state index in [2.05, 4.69) is 0 Å². The molecule has 0 aromatic rings. The summed E-state index contributed by atoms with van der Waals surface area (Å²) in [7, 11) is 0. The smallest absolute Gasteiger partial charge is 0.332 e. The topological polar surface area (TPSA) is 65.0 Å². The third kappa shape index (κ3) is 9.65. The van der Waals surface area contributed by atoms with E-state index < -0.39 is 12.1 Å². The Labute approximate surface area is 90.3 Å². The number of carboxylic acid groups (broad SMARTS) is 1. The van der Waals surface area contributed by atoms with Gasteiger partial charge in [0.05, 0.1) is 32.5 Å². The Morgan fingerprint density at radius 3 is 2.07 bits per heavy atom. The molecule has 0 aliphatic carbocycles. The van der Waals surface area contributed by atoms with E-state index in [4.69, 9.17) is 19.3 Å². The van der Waals surface area contributed by atoms with Gasteiger partial charge in [-0.15, -0.1) is 0 Å². The van der Waals surface area contributed by atoms with E-state index in [-0.39, 0.29) is 12.7 Å². The van der Waals surface area contributed by atoms with E-state index >= 15 is 0 Å². The molecule has 15 heavy (non-hydrogen) atoms. The van der Waals surface area contributed by atoms with Crippen molar-refractivity contribution in [3.8, 4) is 0 Å². The van der Waals surface area contributed by atoms with Crippen LogP contribution in [-0.2, 0) is 19.0 Å². The Bertz CT molecular complexity index is 169. The molecule has 0 aliphatic heterocycles. The van der Waals surface area contributed by atoms with Crippen LogP contribution < -0.4 is 0 Å². The Morgan fingerprint density at radius 1 is 1.07 bits per heavy atom. The predicted molar refractivity (Wildman–Crippen MR) is 55.0 cm³/mol.